The third-order valence-corrected chi connectivity index (χ3v) is 3.40. The van der Waals surface area contributed by atoms with Gasteiger partial charge < -0.3 is 19.9 Å². The number of rotatable bonds is 5. The second-order valence-corrected chi connectivity index (χ2v) is 4.74. The maximum absolute atomic E-state index is 12.1. The van der Waals surface area contributed by atoms with Crippen LogP contribution in [0.15, 0.2) is 18.2 Å². The summed E-state index contributed by atoms with van der Waals surface area (Å²) in [7, 11) is 0. The van der Waals surface area contributed by atoms with E-state index >= 15 is 0 Å². The second-order valence-electron chi connectivity index (χ2n) is 4.74. The zero-order valence-electron chi connectivity index (χ0n) is 11.4. The van der Waals surface area contributed by atoms with Gasteiger partial charge in [0, 0.05) is 5.56 Å². The minimum absolute atomic E-state index is 0.130. The maximum Gasteiger partial charge on any atom is 0.326 e. The molecular weight excluding hydrogens is 262 g/mol. The molecule has 1 aromatic rings. The molecule has 2 atom stereocenters. The Labute approximate surface area is 116 Å². The Bertz CT molecular complexity index is 528. The molecular formula is C14H17NO5. The number of benzene rings is 1. The Kier molecular flexibility index (Phi) is 4.12. The average Bonchev–Trinajstić information content (AvgIpc) is 2.90. The first-order valence-corrected chi connectivity index (χ1v) is 6.46. The molecule has 108 valence electrons. The average molecular weight is 279 g/mol. The number of carbonyl (C=O) groups excluding carboxylic acids is 1. The lowest BCUT2D eigenvalue weighted by atomic mass is 9.99. The van der Waals surface area contributed by atoms with Crippen molar-refractivity contribution in [3.8, 4) is 11.5 Å². The monoisotopic (exact) mass is 279 g/mol. The highest BCUT2D eigenvalue weighted by Gasteiger charge is 2.26. The van der Waals surface area contributed by atoms with Gasteiger partial charge in [-0.25, -0.2) is 4.79 Å². The molecule has 2 N–H and O–H groups in total. The SMILES string of the molecule is CCC(C)C(NC(=O)c1ccc2c(c1)OCO2)C(=O)O. The van der Waals surface area contributed by atoms with Crippen LogP contribution in [0, 0.1) is 5.92 Å². The molecule has 1 aliphatic rings. The zero-order valence-corrected chi connectivity index (χ0v) is 11.4. The number of nitrogens with one attached hydrogen (secondary N) is 1. The van der Waals surface area contributed by atoms with E-state index in [1.807, 2.05) is 6.92 Å². The number of amides is 1. The number of aliphatic carboxylic acids is 1. The van der Waals surface area contributed by atoms with Gasteiger partial charge in [0.25, 0.3) is 5.91 Å². The summed E-state index contributed by atoms with van der Waals surface area (Å²) in [4.78, 5) is 23.3. The Morgan fingerprint density at radius 2 is 2.05 bits per heavy atom. The summed E-state index contributed by atoms with van der Waals surface area (Å²) in [5.41, 5.74) is 0.351. The van der Waals surface area contributed by atoms with Crippen LogP contribution in [0.2, 0.25) is 0 Å². The molecule has 0 fully saturated rings. The highest BCUT2D eigenvalue weighted by molar-refractivity contribution is 5.97. The molecule has 0 saturated carbocycles. The minimum Gasteiger partial charge on any atom is -0.480 e. The third-order valence-electron chi connectivity index (χ3n) is 3.40. The molecule has 6 heteroatoms. The van der Waals surface area contributed by atoms with Gasteiger partial charge in [-0.05, 0) is 24.1 Å². The molecule has 0 aromatic heterocycles. The first-order valence-electron chi connectivity index (χ1n) is 6.46. The Morgan fingerprint density at radius 3 is 2.70 bits per heavy atom. The predicted octanol–water partition coefficient (Wildman–Crippen LogP) is 1.64. The standard InChI is InChI=1S/C14H17NO5/c1-3-8(2)12(14(17)18)15-13(16)9-4-5-10-11(6-9)20-7-19-10/h4-6,8,12H,3,7H2,1-2H3,(H,15,16)(H,17,18). The number of ether oxygens (including phenoxy) is 2. The van der Waals surface area contributed by atoms with Crippen molar-refractivity contribution in [1.29, 1.82) is 0 Å². The van der Waals surface area contributed by atoms with Crippen molar-refractivity contribution in [1.82, 2.24) is 5.32 Å². The fourth-order valence-corrected chi connectivity index (χ4v) is 1.95. The van der Waals surface area contributed by atoms with Crippen LogP contribution in [0.5, 0.6) is 11.5 Å². The molecule has 1 amide bonds. The van der Waals surface area contributed by atoms with Crippen LogP contribution in [-0.4, -0.2) is 29.8 Å². The molecule has 0 bridgehead atoms. The molecule has 1 heterocycles. The first kappa shape index (κ1) is 14.2. The van der Waals surface area contributed by atoms with E-state index in [-0.39, 0.29) is 12.7 Å². The fraction of sp³-hybridized carbons (Fsp3) is 0.429. The normalized spacial score (nSPS) is 15.5. The van der Waals surface area contributed by atoms with Gasteiger partial charge in [0.15, 0.2) is 11.5 Å². The van der Waals surface area contributed by atoms with Crippen molar-refractivity contribution in [2.75, 3.05) is 6.79 Å². The fourth-order valence-electron chi connectivity index (χ4n) is 1.95. The van der Waals surface area contributed by atoms with E-state index in [1.165, 1.54) is 0 Å². The van der Waals surface area contributed by atoms with E-state index in [0.717, 1.165) is 0 Å². The largest absolute Gasteiger partial charge is 0.480 e. The van der Waals surface area contributed by atoms with E-state index in [9.17, 15) is 9.59 Å². The summed E-state index contributed by atoms with van der Waals surface area (Å²) in [5.74, 6) is -0.541. The van der Waals surface area contributed by atoms with E-state index in [1.54, 1.807) is 25.1 Å². The van der Waals surface area contributed by atoms with Crippen molar-refractivity contribution in [3.05, 3.63) is 23.8 Å². The summed E-state index contributed by atoms with van der Waals surface area (Å²) >= 11 is 0. The van der Waals surface area contributed by atoms with Gasteiger partial charge in [-0.15, -0.1) is 0 Å². The number of fused-ring (bicyclic) bond motifs is 1. The summed E-state index contributed by atoms with van der Waals surface area (Å²) in [6.45, 7) is 3.80. The Morgan fingerprint density at radius 1 is 1.35 bits per heavy atom. The summed E-state index contributed by atoms with van der Waals surface area (Å²) in [6, 6.07) is 3.86. The Hall–Kier alpha value is -2.24. The van der Waals surface area contributed by atoms with Crippen molar-refractivity contribution in [3.63, 3.8) is 0 Å². The van der Waals surface area contributed by atoms with Crippen LogP contribution in [-0.2, 0) is 4.79 Å². The van der Waals surface area contributed by atoms with Crippen LogP contribution in [0.25, 0.3) is 0 Å². The van der Waals surface area contributed by atoms with Crippen LogP contribution >= 0.6 is 0 Å². The van der Waals surface area contributed by atoms with E-state index in [4.69, 9.17) is 14.6 Å². The summed E-state index contributed by atoms with van der Waals surface area (Å²) in [6.07, 6.45) is 0.665. The number of hydrogen-bond acceptors (Lipinski definition) is 4. The number of carboxylic acids is 1. The van der Waals surface area contributed by atoms with E-state index in [0.29, 0.717) is 23.5 Å². The second kappa shape index (κ2) is 5.81. The predicted molar refractivity (Wildman–Crippen MR) is 70.9 cm³/mol. The smallest absolute Gasteiger partial charge is 0.326 e. The number of hydrogen-bond donors (Lipinski definition) is 2. The zero-order chi connectivity index (χ0) is 14.7. The van der Waals surface area contributed by atoms with E-state index in [2.05, 4.69) is 5.32 Å². The third kappa shape index (κ3) is 2.84. The molecule has 1 aromatic carbocycles. The van der Waals surface area contributed by atoms with Crippen molar-refractivity contribution < 1.29 is 24.2 Å². The Balaban J connectivity index is 2.12. The van der Waals surface area contributed by atoms with Gasteiger partial charge in [0.05, 0.1) is 0 Å². The summed E-state index contributed by atoms with van der Waals surface area (Å²) < 4.78 is 10.4. The van der Waals surface area contributed by atoms with Crippen molar-refractivity contribution in [2.45, 2.75) is 26.3 Å². The quantitative estimate of drug-likeness (QED) is 0.856. The molecule has 2 unspecified atom stereocenters. The molecule has 0 aliphatic carbocycles. The van der Waals surface area contributed by atoms with Crippen molar-refractivity contribution in [2.24, 2.45) is 5.92 Å². The topological polar surface area (TPSA) is 84.9 Å². The van der Waals surface area contributed by atoms with Gasteiger partial charge in [-0.2, -0.15) is 0 Å². The van der Waals surface area contributed by atoms with E-state index < -0.39 is 17.9 Å². The van der Waals surface area contributed by atoms with Gasteiger partial charge >= 0.3 is 5.97 Å². The van der Waals surface area contributed by atoms with Crippen LogP contribution in [0.3, 0.4) is 0 Å². The minimum atomic E-state index is -1.03. The lowest BCUT2D eigenvalue weighted by molar-refractivity contribution is -0.140. The van der Waals surface area contributed by atoms with Gasteiger partial charge in [-0.3, -0.25) is 4.79 Å². The summed E-state index contributed by atoms with van der Waals surface area (Å²) in [5, 5.41) is 11.7. The first-order chi connectivity index (χ1) is 9.52. The van der Waals surface area contributed by atoms with Gasteiger partial charge in [0.1, 0.15) is 6.04 Å². The van der Waals surface area contributed by atoms with Gasteiger partial charge in [0.2, 0.25) is 6.79 Å². The molecule has 0 saturated heterocycles. The van der Waals surface area contributed by atoms with Gasteiger partial charge in [-0.1, -0.05) is 20.3 Å². The molecule has 2 rings (SSSR count). The lowest BCUT2D eigenvalue weighted by Crippen LogP contribution is -2.45. The highest BCUT2D eigenvalue weighted by Crippen LogP contribution is 2.32. The molecule has 0 radical (unpaired) electrons. The lowest BCUT2D eigenvalue weighted by Gasteiger charge is -2.20. The highest BCUT2D eigenvalue weighted by atomic mass is 16.7. The van der Waals surface area contributed by atoms with Crippen LogP contribution in [0.1, 0.15) is 30.6 Å². The van der Waals surface area contributed by atoms with Crippen LogP contribution in [0.4, 0.5) is 0 Å². The van der Waals surface area contributed by atoms with Crippen LogP contribution < -0.4 is 14.8 Å². The number of carbonyl (C=O) groups is 2. The van der Waals surface area contributed by atoms with Crippen molar-refractivity contribution >= 4 is 11.9 Å². The number of carboxylic acid groups (broad SMARTS) is 1. The molecule has 6 nitrogen and oxygen atoms in total. The molecule has 0 spiro atoms. The maximum atomic E-state index is 12.1. The molecule has 20 heavy (non-hydrogen) atoms. The molecule has 1 aliphatic heterocycles.